The van der Waals surface area contributed by atoms with Crippen molar-refractivity contribution in [3.05, 3.63) is 12.3 Å². The molecule has 1 fully saturated rings. The number of allylic oxidation sites excluding steroid dienone is 1. The Morgan fingerprint density at radius 1 is 1.29 bits per heavy atom. The first-order valence-corrected chi connectivity index (χ1v) is 6.59. The summed E-state index contributed by atoms with van der Waals surface area (Å²) >= 11 is 0. The van der Waals surface area contributed by atoms with Crippen LogP contribution in [-0.4, -0.2) is 24.6 Å². The Bertz CT molecular complexity index is 283. The Balaban J connectivity index is 1.64. The van der Waals surface area contributed by atoms with Crippen LogP contribution in [0.2, 0.25) is 0 Å². The number of rotatable bonds is 4. The van der Waals surface area contributed by atoms with E-state index in [0.29, 0.717) is 12.1 Å². The van der Waals surface area contributed by atoms with Crippen molar-refractivity contribution in [2.45, 2.75) is 50.7 Å². The number of amides is 1. The quantitative estimate of drug-likeness (QED) is 0.776. The van der Waals surface area contributed by atoms with E-state index in [1.807, 2.05) is 0 Å². The first kappa shape index (κ1) is 12.4. The molecule has 0 aromatic heterocycles. The number of nitrogens with one attached hydrogen (secondary N) is 1. The molecular weight excluding hydrogens is 216 g/mol. The van der Waals surface area contributed by atoms with Gasteiger partial charge in [-0.2, -0.15) is 0 Å². The highest BCUT2D eigenvalue weighted by atomic mass is 16.5. The Morgan fingerprint density at radius 2 is 2.06 bits per heavy atom. The molecule has 1 unspecified atom stereocenters. The van der Waals surface area contributed by atoms with Gasteiger partial charge in [-0.25, -0.2) is 0 Å². The summed E-state index contributed by atoms with van der Waals surface area (Å²) in [5.74, 6) is -0.0360. The molecule has 1 aliphatic carbocycles. The Labute approximate surface area is 103 Å². The third-order valence-electron chi connectivity index (χ3n) is 3.79. The van der Waals surface area contributed by atoms with Gasteiger partial charge in [0.25, 0.3) is 0 Å². The minimum absolute atomic E-state index is 0.0990. The molecule has 1 aliphatic heterocycles. The van der Waals surface area contributed by atoms with Crippen LogP contribution in [0, 0.1) is 5.92 Å². The van der Waals surface area contributed by atoms with Crippen molar-refractivity contribution >= 4 is 5.91 Å². The van der Waals surface area contributed by atoms with E-state index < -0.39 is 0 Å². The number of ether oxygens (including phenoxy) is 1. The zero-order chi connectivity index (χ0) is 12.1. The van der Waals surface area contributed by atoms with Crippen LogP contribution in [0.5, 0.6) is 0 Å². The van der Waals surface area contributed by atoms with Gasteiger partial charge in [0.1, 0.15) is 6.10 Å². The molecule has 0 aromatic carbocycles. The molecule has 0 aromatic rings. The van der Waals surface area contributed by atoms with Gasteiger partial charge in [0, 0.05) is 18.5 Å². The maximum atomic E-state index is 11.0. The summed E-state index contributed by atoms with van der Waals surface area (Å²) in [4.78, 5) is 11.0. The van der Waals surface area contributed by atoms with Crippen molar-refractivity contribution in [2.24, 2.45) is 11.7 Å². The van der Waals surface area contributed by atoms with Crippen LogP contribution >= 0.6 is 0 Å². The fourth-order valence-corrected chi connectivity index (χ4v) is 2.62. The summed E-state index contributed by atoms with van der Waals surface area (Å²) in [6.07, 6.45) is 10.4. The second-order valence-corrected chi connectivity index (χ2v) is 5.07. The lowest BCUT2D eigenvalue weighted by atomic mass is 9.85. The minimum Gasteiger partial charge on any atom is -0.497 e. The number of primary amides is 1. The zero-order valence-electron chi connectivity index (χ0n) is 10.2. The Morgan fingerprint density at radius 3 is 2.65 bits per heavy atom. The SMILES string of the molecule is NC(=O)C1CCC(NCC2CCC=CO2)CC1. The highest BCUT2D eigenvalue weighted by Gasteiger charge is 2.25. The fraction of sp³-hybridized carbons (Fsp3) is 0.769. The van der Waals surface area contributed by atoms with Crippen LogP contribution in [0.25, 0.3) is 0 Å². The van der Waals surface area contributed by atoms with Gasteiger partial charge in [-0.15, -0.1) is 0 Å². The van der Waals surface area contributed by atoms with Gasteiger partial charge < -0.3 is 15.8 Å². The predicted octanol–water partition coefficient (Wildman–Crippen LogP) is 1.31. The lowest BCUT2D eigenvalue weighted by molar-refractivity contribution is -0.122. The largest absolute Gasteiger partial charge is 0.497 e. The average molecular weight is 238 g/mol. The molecule has 17 heavy (non-hydrogen) atoms. The first-order valence-electron chi connectivity index (χ1n) is 6.59. The summed E-state index contributed by atoms with van der Waals surface area (Å²) in [5, 5.41) is 3.54. The van der Waals surface area contributed by atoms with Gasteiger partial charge in [0.2, 0.25) is 5.91 Å². The molecule has 3 N–H and O–H groups in total. The number of carbonyl (C=O) groups excluding carboxylic acids is 1. The van der Waals surface area contributed by atoms with Gasteiger partial charge in [-0.05, 0) is 44.6 Å². The van der Waals surface area contributed by atoms with Gasteiger partial charge in [-0.3, -0.25) is 4.79 Å². The second kappa shape index (κ2) is 6.05. The third-order valence-corrected chi connectivity index (χ3v) is 3.79. The van der Waals surface area contributed by atoms with Gasteiger partial charge in [0.05, 0.1) is 6.26 Å². The molecular formula is C13H22N2O2. The van der Waals surface area contributed by atoms with Gasteiger partial charge in [0.15, 0.2) is 0 Å². The molecule has 2 aliphatic rings. The predicted molar refractivity (Wildman–Crippen MR) is 66.2 cm³/mol. The van der Waals surface area contributed by atoms with Crippen LogP contribution in [0.1, 0.15) is 38.5 Å². The molecule has 1 heterocycles. The molecule has 0 bridgehead atoms. The first-order chi connectivity index (χ1) is 8.25. The molecule has 4 heteroatoms. The Hall–Kier alpha value is -1.03. The summed E-state index contributed by atoms with van der Waals surface area (Å²) in [6.45, 7) is 0.913. The molecule has 0 radical (unpaired) electrons. The van der Waals surface area contributed by atoms with E-state index >= 15 is 0 Å². The van der Waals surface area contributed by atoms with Crippen LogP contribution in [0.4, 0.5) is 0 Å². The lowest BCUT2D eigenvalue weighted by Gasteiger charge is -2.29. The maximum absolute atomic E-state index is 11.0. The molecule has 4 nitrogen and oxygen atoms in total. The third kappa shape index (κ3) is 3.73. The molecule has 96 valence electrons. The molecule has 2 rings (SSSR count). The van der Waals surface area contributed by atoms with Crippen LogP contribution in [0.3, 0.4) is 0 Å². The standard InChI is InChI=1S/C13H22N2O2/c14-13(16)10-4-6-11(7-5-10)15-9-12-3-1-2-8-17-12/h2,8,10-12,15H,1,3-7,9H2,(H2,14,16). The normalized spacial score (nSPS) is 33.1. The van der Waals surface area contributed by atoms with E-state index in [4.69, 9.17) is 10.5 Å². The highest BCUT2D eigenvalue weighted by Crippen LogP contribution is 2.24. The van der Waals surface area contributed by atoms with Crippen LogP contribution in [-0.2, 0) is 9.53 Å². The van der Waals surface area contributed by atoms with Crippen molar-refractivity contribution in [3.8, 4) is 0 Å². The molecule has 0 saturated heterocycles. The zero-order valence-corrected chi connectivity index (χ0v) is 10.2. The van der Waals surface area contributed by atoms with Crippen molar-refractivity contribution in [3.63, 3.8) is 0 Å². The smallest absolute Gasteiger partial charge is 0.220 e. The van der Waals surface area contributed by atoms with E-state index in [1.165, 1.54) is 0 Å². The van der Waals surface area contributed by atoms with E-state index in [-0.39, 0.29) is 11.8 Å². The maximum Gasteiger partial charge on any atom is 0.220 e. The highest BCUT2D eigenvalue weighted by molar-refractivity contribution is 5.76. The second-order valence-electron chi connectivity index (χ2n) is 5.07. The number of nitrogens with two attached hydrogens (primary N) is 1. The van der Waals surface area contributed by atoms with Crippen molar-refractivity contribution < 1.29 is 9.53 Å². The van der Waals surface area contributed by atoms with Gasteiger partial charge in [-0.1, -0.05) is 0 Å². The lowest BCUT2D eigenvalue weighted by Crippen LogP contribution is -2.40. The van der Waals surface area contributed by atoms with Crippen molar-refractivity contribution in [1.82, 2.24) is 5.32 Å². The summed E-state index contributed by atoms with van der Waals surface area (Å²) in [6, 6.07) is 0.528. The van der Waals surface area contributed by atoms with Crippen LogP contribution in [0.15, 0.2) is 12.3 Å². The van der Waals surface area contributed by atoms with E-state index in [2.05, 4.69) is 11.4 Å². The van der Waals surface area contributed by atoms with E-state index in [9.17, 15) is 4.79 Å². The van der Waals surface area contributed by atoms with Gasteiger partial charge >= 0.3 is 0 Å². The Kier molecular flexibility index (Phi) is 4.42. The molecule has 0 spiro atoms. The fourth-order valence-electron chi connectivity index (χ4n) is 2.62. The number of carbonyl (C=O) groups is 1. The molecule has 1 atom stereocenters. The van der Waals surface area contributed by atoms with Crippen molar-refractivity contribution in [2.75, 3.05) is 6.54 Å². The number of hydrogen-bond donors (Lipinski definition) is 2. The summed E-state index contributed by atoms with van der Waals surface area (Å²) in [7, 11) is 0. The monoisotopic (exact) mass is 238 g/mol. The average Bonchev–Trinajstić information content (AvgIpc) is 2.38. The number of hydrogen-bond acceptors (Lipinski definition) is 3. The van der Waals surface area contributed by atoms with E-state index in [0.717, 1.165) is 45.1 Å². The minimum atomic E-state index is -0.135. The summed E-state index contributed by atoms with van der Waals surface area (Å²) < 4.78 is 5.51. The topological polar surface area (TPSA) is 64.4 Å². The molecule has 1 amide bonds. The molecule has 1 saturated carbocycles. The van der Waals surface area contributed by atoms with Crippen molar-refractivity contribution in [1.29, 1.82) is 0 Å². The summed E-state index contributed by atoms with van der Waals surface area (Å²) in [5.41, 5.74) is 5.32. The van der Waals surface area contributed by atoms with Crippen LogP contribution < -0.4 is 11.1 Å². The van der Waals surface area contributed by atoms with E-state index in [1.54, 1.807) is 6.26 Å².